The maximum atomic E-state index is 6.62. The molecule has 2 atom stereocenters. The molecule has 4 heterocycles. The van der Waals surface area contributed by atoms with Crippen molar-refractivity contribution in [1.29, 1.82) is 0 Å². The Morgan fingerprint density at radius 3 is 2.92 bits per heavy atom. The highest BCUT2D eigenvalue weighted by atomic mass is 79.9. The van der Waals surface area contributed by atoms with Crippen LogP contribution in [0.5, 0.6) is 5.75 Å². The largest absolute Gasteiger partial charge is 0.466 e. The van der Waals surface area contributed by atoms with Gasteiger partial charge in [-0.25, -0.2) is 5.01 Å². The molecule has 136 valence electrons. The topological polar surface area (TPSA) is 47.2 Å². The molecule has 0 N–H and O–H groups in total. The number of hydrogen-bond donors (Lipinski definition) is 0. The Morgan fingerprint density at radius 2 is 2.15 bits per heavy atom. The number of nitrogens with zero attached hydrogens (tertiary/aromatic N) is 2. The van der Waals surface area contributed by atoms with Crippen molar-refractivity contribution in [2.45, 2.75) is 50.5 Å². The Balaban J connectivity index is 1.63. The molecule has 0 bridgehead atoms. The lowest BCUT2D eigenvalue weighted by Gasteiger charge is -2.52. The summed E-state index contributed by atoms with van der Waals surface area (Å²) in [4.78, 5) is 0. The summed E-state index contributed by atoms with van der Waals surface area (Å²) >= 11 is 3.60. The lowest BCUT2D eigenvalue weighted by Crippen LogP contribution is -2.60. The number of hydrazone groups is 1. The van der Waals surface area contributed by atoms with E-state index in [1.807, 2.05) is 18.2 Å². The quantitative estimate of drug-likeness (QED) is 0.664. The van der Waals surface area contributed by atoms with Gasteiger partial charge in [-0.05, 0) is 44.2 Å². The second-order valence-corrected chi connectivity index (χ2v) is 8.77. The zero-order valence-electron chi connectivity index (χ0n) is 14.9. The van der Waals surface area contributed by atoms with E-state index in [-0.39, 0.29) is 11.6 Å². The molecule has 3 aliphatic rings. The molecule has 3 aliphatic heterocycles. The number of rotatable bonds is 1. The van der Waals surface area contributed by atoms with Gasteiger partial charge in [0.1, 0.15) is 17.2 Å². The monoisotopic (exact) mass is 416 g/mol. The van der Waals surface area contributed by atoms with Crippen molar-refractivity contribution >= 4 is 21.6 Å². The second kappa shape index (κ2) is 5.60. The molecule has 0 aliphatic carbocycles. The van der Waals surface area contributed by atoms with Crippen LogP contribution >= 0.6 is 15.9 Å². The highest BCUT2D eigenvalue weighted by Crippen LogP contribution is 2.52. The highest BCUT2D eigenvalue weighted by molar-refractivity contribution is 9.10. The summed E-state index contributed by atoms with van der Waals surface area (Å²) in [5.41, 5.74) is 1.40. The van der Waals surface area contributed by atoms with E-state index in [0.717, 1.165) is 41.0 Å². The lowest BCUT2D eigenvalue weighted by molar-refractivity contribution is -0.212. The Hall–Kier alpha value is -1.79. The van der Waals surface area contributed by atoms with Crippen LogP contribution in [0, 0.1) is 0 Å². The van der Waals surface area contributed by atoms with Crippen LogP contribution in [-0.4, -0.2) is 28.7 Å². The number of ether oxygens (including phenoxy) is 2. The van der Waals surface area contributed by atoms with E-state index >= 15 is 0 Å². The summed E-state index contributed by atoms with van der Waals surface area (Å²) in [6.45, 7) is 4.90. The summed E-state index contributed by atoms with van der Waals surface area (Å²) in [7, 11) is 0. The molecular weight excluding hydrogens is 396 g/mol. The predicted octanol–water partition coefficient (Wildman–Crippen LogP) is 4.87. The molecule has 6 heteroatoms. The summed E-state index contributed by atoms with van der Waals surface area (Å²) in [5.74, 6) is 1.78. The third kappa shape index (κ3) is 2.50. The third-order valence-corrected chi connectivity index (χ3v) is 5.94. The predicted molar refractivity (Wildman–Crippen MR) is 101 cm³/mol. The standard InChI is InChI=1S/C20H21BrN2O3/c1-19(2)12-20(7-9-25-19)23-16(11-15(22-23)18-4-3-8-24-18)14-10-13(21)5-6-17(14)26-20/h3-6,8,10,16H,7,9,11-12H2,1-2H3/t16-,20+/m0/s1. The minimum atomic E-state index is -0.485. The minimum Gasteiger partial charge on any atom is -0.466 e. The van der Waals surface area contributed by atoms with Crippen LogP contribution in [0.2, 0.25) is 0 Å². The third-order valence-electron chi connectivity index (χ3n) is 5.45. The van der Waals surface area contributed by atoms with Crippen LogP contribution in [0.3, 0.4) is 0 Å². The normalized spacial score (nSPS) is 29.1. The lowest BCUT2D eigenvalue weighted by atomic mass is 9.86. The molecule has 26 heavy (non-hydrogen) atoms. The fourth-order valence-electron chi connectivity index (χ4n) is 4.42. The first-order valence-corrected chi connectivity index (χ1v) is 9.78. The molecule has 0 amide bonds. The van der Waals surface area contributed by atoms with E-state index < -0.39 is 5.72 Å². The number of fused-ring (bicyclic) bond motifs is 4. The van der Waals surface area contributed by atoms with Gasteiger partial charge >= 0.3 is 0 Å². The molecule has 5 rings (SSSR count). The second-order valence-electron chi connectivity index (χ2n) is 7.85. The van der Waals surface area contributed by atoms with Gasteiger partial charge in [-0.2, -0.15) is 5.10 Å². The maximum absolute atomic E-state index is 6.62. The van der Waals surface area contributed by atoms with Crippen molar-refractivity contribution in [1.82, 2.24) is 5.01 Å². The summed E-state index contributed by atoms with van der Waals surface area (Å²) in [5, 5.41) is 7.15. The fourth-order valence-corrected chi connectivity index (χ4v) is 4.80. The van der Waals surface area contributed by atoms with E-state index in [1.165, 1.54) is 5.56 Å². The molecule has 1 fully saturated rings. The van der Waals surface area contributed by atoms with Gasteiger partial charge < -0.3 is 13.9 Å². The average molecular weight is 417 g/mol. The van der Waals surface area contributed by atoms with Crippen LogP contribution in [-0.2, 0) is 4.74 Å². The van der Waals surface area contributed by atoms with Crippen LogP contribution in [0.4, 0.5) is 0 Å². The van der Waals surface area contributed by atoms with E-state index in [4.69, 9.17) is 19.0 Å². The smallest absolute Gasteiger partial charge is 0.203 e. The molecule has 0 saturated carbocycles. The molecule has 5 nitrogen and oxygen atoms in total. The van der Waals surface area contributed by atoms with Crippen molar-refractivity contribution in [3.63, 3.8) is 0 Å². The van der Waals surface area contributed by atoms with E-state index in [1.54, 1.807) is 6.26 Å². The summed E-state index contributed by atoms with van der Waals surface area (Å²) in [6, 6.07) is 10.3. The number of benzene rings is 1. The molecule has 1 saturated heterocycles. The van der Waals surface area contributed by atoms with Gasteiger partial charge in [-0.3, -0.25) is 0 Å². The van der Waals surface area contributed by atoms with E-state index in [9.17, 15) is 0 Å². The highest BCUT2D eigenvalue weighted by Gasteiger charge is 2.54. The number of halogens is 1. The first-order valence-electron chi connectivity index (χ1n) is 8.99. The summed E-state index contributed by atoms with van der Waals surface area (Å²) in [6.07, 6.45) is 4.06. The molecule has 2 aromatic rings. The van der Waals surface area contributed by atoms with Crippen molar-refractivity contribution in [3.05, 3.63) is 52.4 Å². The van der Waals surface area contributed by atoms with Crippen molar-refractivity contribution in [2.24, 2.45) is 5.10 Å². The van der Waals surface area contributed by atoms with Gasteiger partial charge in [0.05, 0.1) is 24.5 Å². The Labute approximate surface area is 161 Å². The minimum absolute atomic E-state index is 0.144. The maximum Gasteiger partial charge on any atom is 0.203 e. The first-order chi connectivity index (χ1) is 12.5. The van der Waals surface area contributed by atoms with E-state index in [2.05, 4.69) is 46.9 Å². The van der Waals surface area contributed by atoms with Gasteiger partial charge in [0.2, 0.25) is 5.72 Å². The van der Waals surface area contributed by atoms with Crippen LogP contribution < -0.4 is 4.74 Å². The van der Waals surface area contributed by atoms with E-state index in [0.29, 0.717) is 6.61 Å². The number of hydrogen-bond acceptors (Lipinski definition) is 5. The molecular formula is C20H21BrN2O3. The van der Waals surface area contributed by atoms with Gasteiger partial charge in [-0.15, -0.1) is 0 Å². The Bertz CT molecular complexity index is 877. The van der Waals surface area contributed by atoms with Gasteiger partial charge in [0, 0.05) is 29.3 Å². The molecule has 1 aromatic heterocycles. The first kappa shape index (κ1) is 16.4. The fraction of sp³-hybridized carbons (Fsp3) is 0.450. The van der Waals surface area contributed by atoms with Gasteiger partial charge in [-0.1, -0.05) is 15.9 Å². The van der Waals surface area contributed by atoms with Crippen LogP contribution in [0.25, 0.3) is 0 Å². The average Bonchev–Trinajstić information content (AvgIpc) is 3.24. The zero-order chi connectivity index (χ0) is 17.9. The van der Waals surface area contributed by atoms with Crippen LogP contribution in [0.1, 0.15) is 50.5 Å². The van der Waals surface area contributed by atoms with Crippen molar-refractivity contribution < 1.29 is 13.9 Å². The molecule has 1 aromatic carbocycles. The molecule has 1 spiro atoms. The number of furan rings is 1. The van der Waals surface area contributed by atoms with Crippen LogP contribution in [0.15, 0.2) is 50.6 Å². The van der Waals surface area contributed by atoms with Crippen molar-refractivity contribution in [2.75, 3.05) is 6.61 Å². The SMILES string of the molecule is CC1(C)C[C@@]2(CCO1)Oc1ccc(Br)cc1[C@@H]1CC(c3ccco3)=NN12. The zero-order valence-corrected chi connectivity index (χ0v) is 16.5. The Kier molecular flexibility index (Phi) is 3.53. The summed E-state index contributed by atoms with van der Waals surface area (Å²) < 4.78 is 19.3. The van der Waals surface area contributed by atoms with Crippen molar-refractivity contribution in [3.8, 4) is 5.75 Å². The molecule has 0 unspecified atom stereocenters. The van der Waals surface area contributed by atoms with Gasteiger partial charge in [0.15, 0.2) is 0 Å². The Morgan fingerprint density at radius 1 is 1.27 bits per heavy atom. The molecule has 0 radical (unpaired) electrons. The van der Waals surface area contributed by atoms with Gasteiger partial charge in [0.25, 0.3) is 0 Å².